The third-order valence-corrected chi connectivity index (χ3v) is 4.14. The summed E-state index contributed by atoms with van der Waals surface area (Å²) in [5, 5.41) is 10.4. The Kier molecular flexibility index (Phi) is 5.30. The highest BCUT2D eigenvalue weighted by molar-refractivity contribution is 8.14. The fourth-order valence-electron chi connectivity index (χ4n) is 1.75. The van der Waals surface area contributed by atoms with Gasteiger partial charge in [0.05, 0.1) is 5.41 Å². The average Bonchev–Trinajstić information content (AvgIpc) is 2.96. The first-order valence-electron chi connectivity index (χ1n) is 7.12. The largest absolute Gasteiger partial charge is 0.507 e. The Morgan fingerprint density at radius 3 is 2.65 bits per heavy atom. The molecule has 0 aromatic heterocycles. The van der Waals surface area contributed by atoms with E-state index in [1.54, 1.807) is 45.0 Å². The highest BCUT2D eigenvalue weighted by atomic mass is 32.2. The van der Waals surface area contributed by atoms with Gasteiger partial charge in [0.2, 0.25) is 6.79 Å². The molecular weight excluding hydrogens is 318 g/mol. The number of aliphatic imine (C=N–C) groups is 1. The van der Waals surface area contributed by atoms with Gasteiger partial charge in [0, 0.05) is 11.3 Å². The van der Waals surface area contributed by atoms with Crippen LogP contribution in [0.4, 0.5) is 0 Å². The van der Waals surface area contributed by atoms with Crippen molar-refractivity contribution in [2.24, 2.45) is 10.4 Å². The van der Waals surface area contributed by atoms with Crippen molar-refractivity contribution in [2.45, 2.75) is 26.8 Å². The second kappa shape index (κ2) is 7.04. The minimum Gasteiger partial charge on any atom is -0.507 e. The fourth-order valence-corrected chi connectivity index (χ4v) is 2.81. The van der Waals surface area contributed by atoms with E-state index in [1.807, 2.05) is 0 Å². The van der Waals surface area contributed by atoms with Gasteiger partial charge in [-0.2, -0.15) is 0 Å². The van der Waals surface area contributed by atoms with Gasteiger partial charge in [-0.25, -0.2) is 4.79 Å². The second-order valence-electron chi connectivity index (χ2n) is 6.04. The number of nitrogens with zero attached hydrogens (tertiary/aromatic N) is 1. The Morgan fingerprint density at radius 2 is 2.00 bits per heavy atom. The van der Waals surface area contributed by atoms with E-state index in [0.717, 1.165) is 0 Å². The maximum Gasteiger partial charge on any atom is 0.334 e. The molecule has 1 aromatic carbocycles. The van der Waals surface area contributed by atoms with Crippen molar-refractivity contribution < 1.29 is 24.2 Å². The van der Waals surface area contributed by atoms with Gasteiger partial charge < -0.3 is 14.6 Å². The van der Waals surface area contributed by atoms with Crippen LogP contribution in [0.3, 0.4) is 0 Å². The third kappa shape index (κ3) is 4.48. The molecule has 1 aliphatic rings. The van der Waals surface area contributed by atoms with Crippen molar-refractivity contribution in [3.63, 3.8) is 0 Å². The first-order chi connectivity index (χ1) is 10.8. The van der Waals surface area contributed by atoms with Crippen molar-refractivity contribution in [3.05, 3.63) is 29.8 Å². The van der Waals surface area contributed by atoms with Crippen molar-refractivity contribution >= 4 is 28.7 Å². The Balaban J connectivity index is 1.90. The number of carbonyl (C=O) groups excluding carboxylic acids is 2. The average molecular weight is 337 g/mol. The lowest BCUT2D eigenvalue weighted by molar-refractivity contribution is -0.173. The van der Waals surface area contributed by atoms with Crippen LogP contribution in [0.5, 0.6) is 5.75 Å². The Bertz CT molecular complexity index is 636. The van der Waals surface area contributed by atoms with E-state index >= 15 is 0 Å². The fraction of sp³-hybridized carbons (Fsp3) is 0.438. The van der Waals surface area contributed by atoms with E-state index in [1.165, 1.54) is 11.8 Å². The minimum absolute atomic E-state index is 0.117. The molecule has 6 nitrogen and oxygen atoms in total. The molecule has 0 saturated heterocycles. The lowest BCUT2D eigenvalue weighted by Crippen LogP contribution is -2.27. The van der Waals surface area contributed by atoms with Gasteiger partial charge >= 0.3 is 11.9 Å². The van der Waals surface area contributed by atoms with Gasteiger partial charge in [0.15, 0.2) is 6.04 Å². The molecule has 0 bridgehead atoms. The Hall–Kier alpha value is -2.02. The first kappa shape index (κ1) is 17.3. The van der Waals surface area contributed by atoms with E-state index in [4.69, 9.17) is 9.47 Å². The summed E-state index contributed by atoms with van der Waals surface area (Å²) in [4.78, 5) is 27.8. The molecule has 0 spiro atoms. The molecule has 7 heteroatoms. The lowest BCUT2D eigenvalue weighted by Gasteiger charge is -2.16. The SMILES string of the molecule is CC(C)(C)C(=O)OCOC(=O)[C@@H]1CSC(c2ccccc2O)=N1. The molecule has 124 valence electrons. The minimum atomic E-state index is -0.664. The Morgan fingerprint density at radius 1 is 1.30 bits per heavy atom. The molecular formula is C16H19NO5S. The molecule has 1 aromatic rings. The number of ether oxygens (including phenoxy) is 2. The van der Waals surface area contributed by atoms with Crippen LogP contribution in [0, 0.1) is 5.41 Å². The number of phenols is 1. The highest BCUT2D eigenvalue weighted by Gasteiger charge is 2.29. The molecule has 1 atom stereocenters. The number of benzene rings is 1. The zero-order valence-corrected chi connectivity index (χ0v) is 14.1. The van der Waals surface area contributed by atoms with Crippen LogP contribution in [0.15, 0.2) is 29.3 Å². The smallest absolute Gasteiger partial charge is 0.334 e. The summed E-state index contributed by atoms with van der Waals surface area (Å²) in [6.45, 7) is 4.73. The van der Waals surface area contributed by atoms with Crippen molar-refractivity contribution in [1.29, 1.82) is 0 Å². The predicted molar refractivity (Wildman–Crippen MR) is 87.4 cm³/mol. The lowest BCUT2D eigenvalue weighted by atomic mass is 9.98. The van der Waals surface area contributed by atoms with Crippen LogP contribution in [0.25, 0.3) is 0 Å². The first-order valence-corrected chi connectivity index (χ1v) is 8.10. The van der Waals surface area contributed by atoms with E-state index in [0.29, 0.717) is 16.4 Å². The molecule has 1 heterocycles. The van der Waals surface area contributed by atoms with E-state index in [-0.39, 0.29) is 5.75 Å². The maximum atomic E-state index is 11.9. The molecule has 0 amide bonds. The van der Waals surface area contributed by atoms with E-state index in [2.05, 4.69) is 4.99 Å². The van der Waals surface area contributed by atoms with Gasteiger partial charge in [-0.05, 0) is 32.9 Å². The molecule has 0 unspecified atom stereocenters. The topological polar surface area (TPSA) is 85.2 Å². The van der Waals surface area contributed by atoms with E-state index in [9.17, 15) is 14.7 Å². The summed E-state index contributed by atoms with van der Waals surface area (Å²) in [5.41, 5.74) is -0.0573. The quantitative estimate of drug-likeness (QED) is 0.670. The molecule has 0 fully saturated rings. The molecule has 1 aliphatic heterocycles. The second-order valence-corrected chi connectivity index (χ2v) is 7.05. The van der Waals surface area contributed by atoms with Crippen molar-refractivity contribution in [3.8, 4) is 5.75 Å². The van der Waals surface area contributed by atoms with Crippen LogP contribution in [-0.4, -0.2) is 40.7 Å². The number of aromatic hydroxyl groups is 1. The van der Waals surface area contributed by atoms with Crippen molar-refractivity contribution in [1.82, 2.24) is 0 Å². The Labute approximate surface area is 138 Å². The normalized spacial score (nSPS) is 17.5. The van der Waals surface area contributed by atoms with Crippen LogP contribution in [-0.2, 0) is 19.1 Å². The number of carbonyl (C=O) groups is 2. The van der Waals surface area contributed by atoms with E-state index < -0.39 is 30.2 Å². The molecule has 1 N–H and O–H groups in total. The number of rotatable bonds is 4. The number of thioether (sulfide) groups is 1. The number of phenolic OH excluding ortho intramolecular Hbond substituents is 1. The maximum absolute atomic E-state index is 11.9. The summed E-state index contributed by atoms with van der Waals surface area (Å²) in [5.74, 6) is -0.448. The number of para-hydroxylation sites is 1. The molecule has 0 saturated carbocycles. The van der Waals surface area contributed by atoms with Crippen LogP contribution in [0.2, 0.25) is 0 Å². The van der Waals surface area contributed by atoms with Crippen LogP contribution in [0.1, 0.15) is 26.3 Å². The van der Waals surface area contributed by atoms with Gasteiger partial charge in [-0.3, -0.25) is 9.79 Å². The van der Waals surface area contributed by atoms with Gasteiger partial charge in [0.1, 0.15) is 10.8 Å². The summed E-state index contributed by atoms with van der Waals surface area (Å²) in [6, 6.07) is 6.14. The molecule has 0 radical (unpaired) electrons. The zero-order valence-electron chi connectivity index (χ0n) is 13.2. The third-order valence-electron chi connectivity index (χ3n) is 3.06. The number of hydrogen-bond donors (Lipinski definition) is 1. The number of hydrogen-bond acceptors (Lipinski definition) is 7. The zero-order chi connectivity index (χ0) is 17.0. The van der Waals surface area contributed by atoms with Gasteiger partial charge in [-0.15, -0.1) is 11.8 Å². The van der Waals surface area contributed by atoms with Crippen LogP contribution >= 0.6 is 11.8 Å². The molecule has 23 heavy (non-hydrogen) atoms. The van der Waals surface area contributed by atoms with Crippen molar-refractivity contribution in [2.75, 3.05) is 12.5 Å². The van der Waals surface area contributed by atoms with Gasteiger partial charge in [-0.1, -0.05) is 12.1 Å². The van der Waals surface area contributed by atoms with Gasteiger partial charge in [0.25, 0.3) is 0 Å². The summed E-state index contributed by atoms with van der Waals surface area (Å²) in [6.07, 6.45) is 0. The molecule has 0 aliphatic carbocycles. The highest BCUT2D eigenvalue weighted by Crippen LogP contribution is 2.28. The summed E-state index contributed by atoms with van der Waals surface area (Å²) >= 11 is 1.37. The monoisotopic (exact) mass is 337 g/mol. The summed E-state index contributed by atoms with van der Waals surface area (Å²) < 4.78 is 9.83. The molecule has 2 rings (SSSR count). The van der Waals surface area contributed by atoms with Crippen LogP contribution < -0.4 is 0 Å². The predicted octanol–water partition coefficient (Wildman–Crippen LogP) is 2.34. The summed E-state index contributed by atoms with van der Waals surface area (Å²) in [7, 11) is 0. The number of esters is 2. The standard InChI is InChI=1S/C16H19NO5S/c1-16(2,3)15(20)22-9-21-14(19)11-8-23-13(17-11)10-6-4-5-7-12(10)18/h4-7,11,18H,8-9H2,1-3H3/t11-/m0/s1.